The molecule has 0 spiro atoms. The van der Waals surface area contributed by atoms with Crippen molar-refractivity contribution < 1.29 is 14.3 Å². The molecule has 0 amide bonds. The summed E-state index contributed by atoms with van der Waals surface area (Å²) < 4.78 is 11.8. The second kappa shape index (κ2) is 5.82. The lowest BCUT2D eigenvalue weighted by Gasteiger charge is -2.09. The third-order valence-corrected chi connectivity index (χ3v) is 4.27. The molecule has 0 atom stereocenters. The molecule has 0 aliphatic rings. The first kappa shape index (κ1) is 14.8. The minimum absolute atomic E-state index is 0.230. The van der Waals surface area contributed by atoms with Crippen molar-refractivity contribution in [2.24, 2.45) is 0 Å². The number of anilines is 1. The number of benzene rings is 1. The summed E-state index contributed by atoms with van der Waals surface area (Å²) >= 11 is 12.4. The highest BCUT2D eigenvalue weighted by molar-refractivity contribution is 7.73. The van der Waals surface area contributed by atoms with E-state index in [1.165, 1.54) is 14.2 Å². The number of nitrogens with zero attached hydrogens (tertiary/aromatic N) is 1. The average molecular weight is 331 g/mol. The Morgan fingerprint density at radius 1 is 1.45 bits per heavy atom. The molecule has 1 heterocycles. The van der Waals surface area contributed by atoms with Crippen molar-refractivity contribution >= 4 is 46.9 Å². The lowest BCUT2D eigenvalue weighted by atomic mass is 10.3. The minimum atomic E-state index is -0.517. The average Bonchev–Trinajstić information content (AvgIpc) is 2.73. The van der Waals surface area contributed by atoms with E-state index in [1.807, 2.05) is 0 Å². The van der Waals surface area contributed by atoms with Crippen LogP contribution in [-0.4, -0.2) is 24.8 Å². The zero-order valence-corrected chi connectivity index (χ0v) is 13.1. The van der Waals surface area contributed by atoms with Crippen LogP contribution in [0.25, 0.3) is 5.69 Å². The molecule has 0 radical (unpaired) electrons. The van der Waals surface area contributed by atoms with Gasteiger partial charge in [-0.05, 0) is 30.4 Å². The van der Waals surface area contributed by atoms with Gasteiger partial charge in [-0.15, -0.1) is 0 Å². The summed E-state index contributed by atoms with van der Waals surface area (Å²) in [6.07, 6.45) is 0. The van der Waals surface area contributed by atoms with Crippen LogP contribution in [0.1, 0.15) is 9.67 Å². The molecule has 0 aliphatic heterocycles. The summed E-state index contributed by atoms with van der Waals surface area (Å²) in [6.45, 7) is 0. The number of halogens is 1. The molecule has 8 heteroatoms. The van der Waals surface area contributed by atoms with E-state index in [-0.39, 0.29) is 10.7 Å². The van der Waals surface area contributed by atoms with E-state index in [0.29, 0.717) is 20.4 Å². The first-order valence-corrected chi connectivity index (χ1v) is 7.03. The number of carbonyl (C=O) groups excluding carboxylic acids is 1. The van der Waals surface area contributed by atoms with Gasteiger partial charge >= 0.3 is 5.97 Å². The van der Waals surface area contributed by atoms with Gasteiger partial charge in [-0.3, -0.25) is 4.57 Å². The van der Waals surface area contributed by atoms with Crippen molar-refractivity contribution in [3.63, 3.8) is 0 Å². The van der Waals surface area contributed by atoms with E-state index in [2.05, 4.69) is 4.74 Å². The largest absolute Gasteiger partial charge is 0.495 e. The molecule has 1 aromatic carbocycles. The molecular formula is C12H11ClN2O3S2. The Balaban J connectivity index is 2.59. The Labute approximate surface area is 129 Å². The van der Waals surface area contributed by atoms with Crippen molar-refractivity contribution in [2.75, 3.05) is 20.0 Å². The molecule has 20 heavy (non-hydrogen) atoms. The fourth-order valence-electron chi connectivity index (χ4n) is 1.66. The number of methoxy groups -OCH3 is 2. The van der Waals surface area contributed by atoms with Crippen LogP contribution < -0.4 is 10.5 Å². The first-order chi connectivity index (χ1) is 9.49. The normalized spacial score (nSPS) is 10.3. The van der Waals surface area contributed by atoms with Crippen LogP contribution in [0, 0.1) is 3.95 Å². The number of nitrogen functional groups attached to an aromatic ring is 1. The van der Waals surface area contributed by atoms with Crippen LogP contribution in [0.2, 0.25) is 5.02 Å². The molecule has 2 N–H and O–H groups in total. The lowest BCUT2D eigenvalue weighted by Crippen LogP contribution is -2.06. The SMILES string of the molecule is COC(=O)c1sc(=S)n(-c2ccc(OC)c(Cl)c2)c1N. The number of aromatic nitrogens is 1. The number of esters is 1. The maximum absolute atomic E-state index is 11.6. The second-order valence-corrected chi connectivity index (χ2v) is 5.78. The summed E-state index contributed by atoms with van der Waals surface area (Å²) in [7, 11) is 2.82. The Morgan fingerprint density at radius 2 is 2.15 bits per heavy atom. The molecular weight excluding hydrogens is 320 g/mol. The van der Waals surface area contributed by atoms with Gasteiger partial charge in [0.25, 0.3) is 0 Å². The summed E-state index contributed by atoms with van der Waals surface area (Å²) in [6, 6.07) is 5.12. The highest BCUT2D eigenvalue weighted by Crippen LogP contribution is 2.31. The minimum Gasteiger partial charge on any atom is -0.495 e. The van der Waals surface area contributed by atoms with E-state index >= 15 is 0 Å². The Bertz CT molecular complexity index is 724. The van der Waals surface area contributed by atoms with Crippen LogP contribution in [0.15, 0.2) is 18.2 Å². The van der Waals surface area contributed by atoms with Crippen molar-refractivity contribution in [1.29, 1.82) is 0 Å². The molecule has 0 fully saturated rings. The van der Waals surface area contributed by atoms with Gasteiger partial charge < -0.3 is 15.2 Å². The van der Waals surface area contributed by atoms with Gasteiger partial charge in [0.15, 0.2) is 8.83 Å². The number of rotatable bonds is 3. The highest BCUT2D eigenvalue weighted by Gasteiger charge is 2.18. The quantitative estimate of drug-likeness (QED) is 0.691. The number of nitrogens with two attached hydrogens (primary N) is 1. The van der Waals surface area contributed by atoms with Crippen molar-refractivity contribution in [2.45, 2.75) is 0 Å². The van der Waals surface area contributed by atoms with E-state index in [4.69, 9.17) is 34.3 Å². The molecule has 0 aliphatic carbocycles. The molecule has 106 valence electrons. The number of ether oxygens (including phenoxy) is 2. The maximum atomic E-state index is 11.6. The Hall–Kier alpha value is -1.57. The van der Waals surface area contributed by atoms with Crippen LogP contribution in [0.3, 0.4) is 0 Å². The van der Waals surface area contributed by atoms with Gasteiger partial charge in [-0.1, -0.05) is 22.9 Å². The number of hydrogen-bond donors (Lipinski definition) is 1. The third-order valence-electron chi connectivity index (χ3n) is 2.61. The standard InChI is InChI=1S/C12H11ClN2O3S2/c1-17-8-4-3-6(5-7(8)13)15-10(14)9(11(16)18-2)20-12(15)19/h3-5H,14H2,1-2H3. The van der Waals surface area contributed by atoms with Crippen LogP contribution in [-0.2, 0) is 4.74 Å². The molecule has 2 aromatic rings. The first-order valence-electron chi connectivity index (χ1n) is 5.43. The molecule has 1 aromatic heterocycles. The van der Waals surface area contributed by atoms with Crippen molar-refractivity contribution in [3.05, 3.63) is 32.1 Å². The predicted molar refractivity (Wildman–Crippen MR) is 81.8 cm³/mol. The smallest absolute Gasteiger partial charge is 0.351 e. The van der Waals surface area contributed by atoms with Gasteiger partial charge in [0.1, 0.15) is 11.6 Å². The number of carbonyl (C=O) groups is 1. The summed E-state index contributed by atoms with van der Waals surface area (Å²) in [5.74, 6) is 0.258. The zero-order valence-electron chi connectivity index (χ0n) is 10.7. The topological polar surface area (TPSA) is 66.5 Å². The zero-order chi connectivity index (χ0) is 14.9. The van der Waals surface area contributed by atoms with Crippen molar-refractivity contribution in [1.82, 2.24) is 4.57 Å². The molecule has 0 unspecified atom stereocenters. The number of hydrogen-bond acceptors (Lipinski definition) is 6. The van der Waals surface area contributed by atoms with Gasteiger partial charge in [0.2, 0.25) is 0 Å². The summed E-state index contributed by atoms with van der Waals surface area (Å²) in [4.78, 5) is 11.9. The monoisotopic (exact) mass is 330 g/mol. The van der Waals surface area contributed by atoms with E-state index in [0.717, 1.165) is 11.3 Å². The molecule has 0 saturated carbocycles. The van der Waals surface area contributed by atoms with Crippen LogP contribution >= 0.6 is 35.2 Å². The van der Waals surface area contributed by atoms with E-state index < -0.39 is 5.97 Å². The van der Waals surface area contributed by atoms with Crippen LogP contribution in [0.4, 0.5) is 5.82 Å². The third kappa shape index (κ3) is 2.52. The van der Waals surface area contributed by atoms with Gasteiger partial charge in [-0.2, -0.15) is 0 Å². The summed E-state index contributed by atoms with van der Waals surface area (Å²) in [5, 5.41) is 0.428. The predicted octanol–water partition coefficient (Wildman–Crippen LogP) is 3.30. The number of thiazole rings is 1. The fourth-order valence-corrected chi connectivity index (χ4v) is 3.20. The Morgan fingerprint density at radius 3 is 2.70 bits per heavy atom. The van der Waals surface area contributed by atoms with E-state index in [9.17, 15) is 4.79 Å². The van der Waals surface area contributed by atoms with Crippen LogP contribution in [0.5, 0.6) is 5.75 Å². The molecule has 0 bridgehead atoms. The molecule has 0 saturated heterocycles. The van der Waals surface area contributed by atoms with E-state index in [1.54, 1.807) is 22.8 Å². The molecule has 2 rings (SSSR count). The fraction of sp³-hybridized carbons (Fsp3) is 0.167. The lowest BCUT2D eigenvalue weighted by molar-refractivity contribution is 0.0607. The van der Waals surface area contributed by atoms with Gasteiger partial charge in [0, 0.05) is 0 Å². The maximum Gasteiger partial charge on any atom is 0.351 e. The summed E-state index contributed by atoms with van der Waals surface area (Å²) in [5.41, 5.74) is 6.62. The second-order valence-electron chi connectivity index (χ2n) is 3.73. The molecule has 5 nitrogen and oxygen atoms in total. The van der Waals surface area contributed by atoms with Gasteiger partial charge in [-0.25, -0.2) is 4.79 Å². The Kier molecular flexibility index (Phi) is 4.32. The highest BCUT2D eigenvalue weighted by atomic mass is 35.5. The van der Waals surface area contributed by atoms with Gasteiger partial charge in [0.05, 0.1) is 24.9 Å². The van der Waals surface area contributed by atoms with Crippen molar-refractivity contribution in [3.8, 4) is 11.4 Å².